The Morgan fingerprint density at radius 1 is 1.35 bits per heavy atom. The summed E-state index contributed by atoms with van der Waals surface area (Å²) >= 11 is 0. The SMILES string of the molecule is COc1ccc(CNCC2(C)CCN(C)CC2)c(F)c1. The van der Waals surface area contributed by atoms with Gasteiger partial charge in [0.25, 0.3) is 0 Å². The van der Waals surface area contributed by atoms with Crippen LogP contribution in [0.25, 0.3) is 0 Å². The molecule has 1 fully saturated rings. The molecule has 1 aromatic carbocycles. The first-order chi connectivity index (χ1) is 9.52. The molecule has 1 saturated heterocycles. The molecule has 2 rings (SSSR count). The Morgan fingerprint density at radius 3 is 2.65 bits per heavy atom. The first-order valence-corrected chi connectivity index (χ1v) is 7.24. The summed E-state index contributed by atoms with van der Waals surface area (Å²) in [6, 6.07) is 5.03. The predicted molar refractivity (Wildman–Crippen MR) is 79.5 cm³/mol. The van der Waals surface area contributed by atoms with Crippen LogP contribution in [-0.4, -0.2) is 38.7 Å². The zero-order valence-electron chi connectivity index (χ0n) is 12.7. The molecule has 0 radical (unpaired) electrons. The fourth-order valence-electron chi connectivity index (χ4n) is 2.63. The minimum absolute atomic E-state index is 0.203. The van der Waals surface area contributed by atoms with Gasteiger partial charge in [-0.2, -0.15) is 0 Å². The van der Waals surface area contributed by atoms with Crippen LogP contribution in [0.2, 0.25) is 0 Å². The molecule has 0 aromatic heterocycles. The summed E-state index contributed by atoms with van der Waals surface area (Å²) < 4.78 is 18.8. The van der Waals surface area contributed by atoms with Crippen molar-refractivity contribution in [2.75, 3.05) is 33.8 Å². The van der Waals surface area contributed by atoms with Crippen molar-refractivity contribution in [1.29, 1.82) is 0 Å². The minimum Gasteiger partial charge on any atom is -0.497 e. The van der Waals surface area contributed by atoms with Gasteiger partial charge in [0, 0.05) is 24.7 Å². The molecule has 0 atom stereocenters. The third-order valence-electron chi connectivity index (χ3n) is 4.32. The van der Waals surface area contributed by atoms with Gasteiger partial charge in [0.15, 0.2) is 0 Å². The summed E-state index contributed by atoms with van der Waals surface area (Å²) in [5, 5.41) is 3.41. The lowest BCUT2D eigenvalue weighted by molar-refractivity contribution is 0.136. The van der Waals surface area contributed by atoms with Crippen LogP contribution in [0.4, 0.5) is 4.39 Å². The molecule has 1 aromatic rings. The quantitative estimate of drug-likeness (QED) is 0.897. The summed E-state index contributed by atoms with van der Waals surface area (Å²) in [5.74, 6) is 0.360. The van der Waals surface area contributed by atoms with Crippen LogP contribution in [0, 0.1) is 11.2 Å². The van der Waals surface area contributed by atoms with E-state index in [1.807, 2.05) is 0 Å². The fraction of sp³-hybridized carbons (Fsp3) is 0.625. The molecule has 1 N–H and O–H groups in total. The number of hydrogen-bond donors (Lipinski definition) is 1. The van der Waals surface area contributed by atoms with Crippen LogP contribution in [0.1, 0.15) is 25.3 Å². The van der Waals surface area contributed by atoms with Gasteiger partial charge >= 0.3 is 0 Å². The summed E-state index contributed by atoms with van der Waals surface area (Å²) in [4.78, 5) is 2.37. The Kier molecular flexibility index (Phi) is 5.00. The molecular formula is C16H25FN2O. The van der Waals surface area contributed by atoms with Gasteiger partial charge in [0.1, 0.15) is 11.6 Å². The van der Waals surface area contributed by atoms with Crippen LogP contribution in [0.5, 0.6) is 5.75 Å². The van der Waals surface area contributed by atoms with E-state index < -0.39 is 0 Å². The van der Waals surface area contributed by atoms with Gasteiger partial charge in [-0.25, -0.2) is 4.39 Å². The van der Waals surface area contributed by atoms with Crippen molar-refractivity contribution >= 4 is 0 Å². The number of likely N-dealkylation sites (tertiary alicyclic amines) is 1. The topological polar surface area (TPSA) is 24.5 Å². The van der Waals surface area contributed by atoms with Crippen molar-refractivity contribution in [2.24, 2.45) is 5.41 Å². The molecular weight excluding hydrogens is 255 g/mol. The van der Waals surface area contributed by atoms with Crippen LogP contribution in [0.3, 0.4) is 0 Å². The van der Waals surface area contributed by atoms with Crippen molar-refractivity contribution in [3.8, 4) is 5.75 Å². The molecule has 0 saturated carbocycles. The first kappa shape index (κ1) is 15.3. The van der Waals surface area contributed by atoms with Crippen LogP contribution in [0.15, 0.2) is 18.2 Å². The molecule has 0 unspecified atom stereocenters. The zero-order valence-corrected chi connectivity index (χ0v) is 12.7. The van der Waals surface area contributed by atoms with Gasteiger partial charge in [0.2, 0.25) is 0 Å². The Hall–Kier alpha value is -1.13. The van der Waals surface area contributed by atoms with Crippen molar-refractivity contribution in [1.82, 2.24) is 10.2 Å². The highest BCUT2D eigenvalue weighted by atomic mass is 19.1. The van der Waals surface area contributed by atoms with E-state index in [9.17, 15) is 4.39 Å². The Bertz CT molecular complexity index is 442. The van der Waals surface area contributed by atoms with E-state index in [0.29, 0.717) is 23.3 Å². The number of benzene rings is 1. The average Bonchev–Trinajstić information content (AvgIpc) is 2.44. The molecule has 0 aliphatic carbocycles. The van der Waals surface area contributed by atoms with E-state index in [4.69, 9.17) is 4.74 Å². The minimum atomic E-state index is -0.203. The molecule has 0 amide bonds. The smallest absolute Gasteiger partial charge is 0.131 e. The maximum absolute atomic E-state index is 13.8. The maximum Gasteiger partial charge on any atom is 0.131 e. The highest BCUT2D eigenvalue weighted by Gasteiger charge is 2.28. The normalized spacial score (nSPS) is 19.0. The molecule has 112 valence electrons. The molecule has 1 aliphatic rings. The predicted octanol–water partition coefficient (Wildman–Crippen LogP) is 2.66. The van der Waals surface area contributed by atoms with E-state index in [-0.39, 0.29) is 5.82 Å². The number of nitrogens with one attached hydrogen (secondary N) is 1. The second-order valence-electron chi connectivity index (χ2n) is 6.17. The van der Waals surface area contributed by atoms with Crippen LogP contribution < -0.4 is 10.1 Å². The van der Waals surface area contributed by atoms with Crippen LogP contribution in [-0.2, 0) is 6.54 Å². The Balaban J connectivity index is 1.83. The zero-order chi connectivity index (χ0) is 14.6. The average molecular weight is 280 g/mol. The van der Waals surface area contributed by atoms with Crippen molar-refractivity contribution < 1.29 is 9.13 Å². The third-order valence-corrected chi connectivity index (χ3v) is 4.32. The lowest BCUT2D eigenvalue weighted by Crippen LogP contribution is -2.41. The number of piperidine rings is 1. The Morgan fingerprint density at radius 2 is 2.05 bits per heavy atom. The number of ether oxygens (including phenoxy) is 1. The van der Waals surface area contributed by atoms with E-state index in [1.165, 1.54) is 18.9 Å². The number of halogens is 1. The van der Waals surface area contributed by atoms with Crippen molar-refractivity contribution in [2.45, 2.75) is 26.3 Å². The second kappa shape index (κ2) is 6.55. The fourth-order valence-corrected chi connectivity index (χ4v) is 2.63. The molecule has 1 heterocycles. The summed E-state index contributed by atoms with van der Waals surface area (Å²) in [5.41, 5.74) is 1.03. The molecule has 0 spiro atoms. The van der Waals surface area contributed by atoms with Gasteiger partial charge in [-0.15, -0.1) is 0 Å². The van der Waals surface area contributed by atoms with Gasteiger partial charge in [0.05, 0.1) is 7.11 Å². The number of methoxy groups -OCH3 is 1. The van der Waals surface area contributed by atoms with Crippen molar-refractivity contribution in [3.63, 3.8) is 0 Å². The molecule has 4 heteroatoms. The molecule has 1 aliphatic heterocycles. The largest absolute Gasteiger partial charge is 0.497 e. The summed E-state index contributed by atoms with van der Waals surface area (Å²) in [7, 11) is 3.72. The third kappa shape index (κ3) is 3.93. The highest BCUT2D eigenvalue weighted by molar-refractivity contribution is 5.28. The van der Waals surface area contributed by atoms with Gasteiger partial charge in [-0.3, -0.25) is 0 Å². The van der Waals surface area contributed by atoms with E-state index in [0.717, 1.165) is 19.6 Å². The van der Waals surface area contributed by atoms with E-state index >= 15 is 0 Å². The summed E-state index contributed by atoms with van der Waals surface area (Å²) in [6.45, 7) is 6.12. The van der Waals surface area contributed by atoms with Gasteiger partial charge in [-0.1, -0.05) is 13.0 Å². The van der Waals surface area contributed by atoms with E-state index in [1.54, 1.807) is 19.2 Å². The molecule has 20 heavy (non-hydrogen) atoms. The van der Waals surface area contributed by atoms with Gasteiger partial charge < -0.3 is 15.0 Å². The monoisotopic (exact) mass is 280 g/mol. The number of nitrogens with zero attached hydrogens (tertiary/aromatic N) is 1. The standard InChI is InChI=1S/C16H25FN2O/c1-16(6-8-19(2)9-7-16)12-18-11-13-4-5-14(20-3)10-15(13)17/h4-5,10,18H,6-9,11-12H2,1-3H3. The second-order valence-corrected chi connectivity index (χ2v) is 6.17. The van der Waals surface area contributed by atoms with Gasteiger partial charge in [-0.05, 0) is 44.5 Å². The maximum atomic E-state index is 13.8. The number of rotatable bonds is 5. The lowest BCUT2D eigenvalue weighted by Gasteiger charge is -2.38. The summed E-state index contributed by atoms with van der Waals surface area (Å²) in [6.07, 6.45) is 2.39. The Labute approximate surface area is 121 Å². The first-order valence-electron chi connectivity index (χ1n) is 7.24. The highest BCUT2D eigenvalue weighted by Crippen LogP contribution is 2.29. The number of hydrogen-bond acceptors (Lipinski definition) is 3. The molecule has 0 bridgehead atoms. The lowest BCUT2D eigenvalue weighted by atomic mass is 9.80. The van der Waals surface area contributed by atoms with E-state index in [2.05, 4.69) is 24.2 Å². The van der Waals surface area contributed by atoms with Crippen LogP contribution >= 0.6 is 0 Å². The van der Waals surface area contributed by atoms with Crippen molar-refractivity contribution in [3.05, 3.63) is 29.6 Å². The molecule has 3 nitrogen and oxygen atoms in total.